The molecule has 3 nitrogen and oxygen atoms in total. The van der Waals surface area contributed by atoms with Gasteiger partial charge in [-0.3, -0.25) is 4.79 Å². The molecule has 0 radical (unpaired) electrons. The SMILES string of the molecule is Cl.NCC1(C(=O)Nc2ccc(Br)c(F)c2)CCCC1. The maximum atomic E-state index is 13.4. The van der Waals surface area contributed by atoms with Crippen molar-refractivity contribution in [2.45, 2.75) is 25.7 Å². The van der Waals surface area contributed by atoms with E-state index in [0.717, 1.165) is 25.7 Å². The number of nitrogens with one attached hydrogen (secondary N) is 1. The Balaban J connectivity index is 0.00000180. The maximum Gasteiger partial charge on any atom is 0.231 e. The highest BCUT2D eigenvalue weighted by molar-refractivity contribution is 9.10. The van der Waals surface area contributed by atoms with Gasteiger partial charge in [0.15, 0.2) is 0 Å². The Bertz CT molecular complexity index is 464. The van der Waals surface area contributed by atoms with Crippen LogP contribution in [-0.2, 0) is 4.79 Å². The van der Waals surface area contributed by atoms with Gasteiger partial charge in [0.25, 0.3) is 0 Å². The Labute approximate surface area is 126 Å². The summed E-state index contributed by atoms with van der Waals surface area (Å²) in [4.78, 5) is 12.2. The van der Waals surface area contributed by atoms with Crippen molar-refractivity contribution >= 4 is 39.9 Å². The first-order chi connectivity index (χ1) is 8.57. The lowest BCUT2D eigenvalue weighted by atomic mass is 9.85. The molecule has 6 heteroatoms. The van der Waals surface area contributed by atoms with Gasteiger partial charge in [0.1, 0.15) is 5.82 Å². The molecule has 1 aromatic carbocycles. The molecule has 0 atom stereocenters. The van der Waals surface area contributed by atoms with Crippen molar-refractivity contribution in [2.24, 2.45) is 11.1 Å². The summed E-state index contributed by atoms with van der Waals surface area (Å²) in [5.74, 6) is -0.481. The molecule has 106 valence electrons. The zero-order chi connectivity index (χ0) is 13.2. The van der Waals surface area contributed by atoms with Gasteiger partial charge in [-0.1, -0.05) is 12.8 Å². The predicted molar refractivity (Wildman–Crippen MR) is 79.9 cm³/mol. The monoisotopic (exact) mass is 350 g/mol. The first kappa shape index (κ1) is 16.4. The van der Waals surface area contributed by atoms with Crippen LogP contribution in [0.3, 0.4) is 0 Å². The van der Waals surface area contributed by atoms with Crippen molar-refractivity contribution in [3.63, 3.8) is 0 Å². The van der Waals surface area contributed by atoms with Crippen molar-refractivity contribution in [1.29, 1.82) is 0 Å². The summed E-state index contributed by atoms with van der Waals surface area (Å²) in [6.45, 7) is 0.345. The second kappa shape index (κ2) is 6.68. The molecule has 1 saturated carbocycles. The quantitative estimate of drug-likeness (QED) is 0.876. The van der Waals surface area contributed by atoms with Gasteiger partial charge in [-0.2, -0.15) is 0 Å². The van der Waals surface area contributed by atoms with Crippen LogP contribution in [0.2, 0.25) is 0 Å². The Morgan fingerprint density at radius 3 is 2.58 bits per heavy atom. The Kier molecular flexibility index (Phi) is 5.77. The summed E-state index contributed by atoms with van der Waals surface area (Å²) in [6, 6.07) is 4.56. The van der Waals surface area contributed by atoms with Gasteiger partial charge in [0, 0.05) is 12.2 Å². The van der Waals surface area contributed by atoms with E-state index in [9.17, 15) is 9.18 Å². The minimum absolute atomic E-state index is 0. The van der Waals surface area contributed by atoms with Gasteiger partial charge in [-0.15, -0.1) is 12.4 Å². The molecule has 0 bridgehead atoms. The minimum atomic E-state index is -0.469. The van der Waals surface area contributed by atoms with Crippen molar-refractivity contribution in [3.8, 4) is 0 Å². The van der Waals surface area contributed by atoms with Crippen LogP contribution in [0.5, 0.6) is 0 Å². The topological polar surface area (TPSA) is 55.1 Å². The lowest BCUT2D eigenvalue weighted by Crippen LogP contribution is -2.40. The molecule has 1 aliphatic carbocycles. The molecule has 1 fully saturated rings. The molecule has 0 heterocycles. The molecule has 19 heavy (non-hydrogen) atoms. The normalized spacial score (nSPS) is 16.8. The summed E-state index contributed by atoms with van der Waals surface area (Å²) in [5, 5.41) is 2.76. The Hall–Kier alpha value is -0.650. The smallest absolute Gasteiger partial charge is 0.231 e. The van der Waals surface area contributed by atoms with Crippen LogP contribution < -0.4 is 11.1 Å². The van der Waals surface area contributed by atoms with E-state index in [0.29, 0.717) is 16.7 Å². The number of benzene rings is 1. The van der Waals surface area contributed by atoms with E-state index in [4.69, 9.17) is 5.73 Å². The number of amides is 1. The number of carbonyl (C=O) groups excluding carboxylic acids is 1. The molecule has 1 aliphatic rings. The molecule has 0 spiro atoms. The summed E-state index contributed by atoms with van der Waals surface area (Å²) in [5.41, 5.74) is 5.74. The van der Waals surface area contributed by atoms with Crippen LogP contribution in [-0.4, -0.2) is 12.5 Å². The first-order valence-electron chi connectivity index (χ1n) is 6.04. The number of halogens is 3. The fraction of sp³-hybridized carbons (Fsp3) is 0.462. The highest BCUT2D eigenvalue weighted by atomic mass is 79.9. The van der Waals surface area contributed by atoms with Crippen LogP contribution in [0.25, 0.3) is 0 Å². The van der Waals surface area contributed by atoms with Gasteiger partial charge in [-0.05, 0) is 47.0 Å². The summed E-state index contributed by atoms with van der Waals surface area (Å²) in [6.07, 6.45) is 3.68. The zero-order valence-electron chi connectivity index (χ0n) is 10.4. The molecule has 3 N–H and O–H groups in total. The lowest BCUT2D eigenvalue weighted by molar-refractivity contribution is -0.124. The maximum absolute atomic E-state index is 13.4. The largest absolute Gasteiger partial charge is 0.329 e. The van der Waals surface area contributed by atoms with Gasteiger partial charge in [-0.25, -0.2) is 4.39 Å². The third-order valence-corrected chi connectivity index (χ3v) is 4.25. The van der Waals surface area contributed by atoms with E-state index in [1.54, 1.807) is 12.1 Å². The fourth-order valence-electron chi connectivity index (χ4n) is 2.41. The predicted octanol–water partition coefficient (Wildman–Crippen LogP) is 3.47. The molecule has 2 rings (SSSR count). The fourth-order valence-corrected chi connectivity index (χ4v) is 2.66. The Morgan fingerprint density at radius 1 is 1.42 bits per heavy atom. The van der Waals surface area contributed by atoms with E-state index in [2.05, 4.69) is 21.2 Å². The average molecular weight is 352 g/mol. The second-order valence-electron chi connectivity index (χ2n) is 4.77. The number of rotatable bonds is 3. The Morgan fingerprint density at radius 2 is 2.05 bits per heavy atom. The molecule has 0 aliphatic heterocycles. The number of nitrogens with two attached hydrogens (primary N) is 1. The summed E-state index contributed by atoms with van der Waals surface area (Å²) in [7, 11) is 0. The van der Waals surface area contributed by atoms with Crippen molar-refractivity contribution in [1.82, 2.24) is 0 Å². The molecule has 0 saturated heterocycles. The molecule has 0 unspecified atom stereocenters. The van der Waals surface area contributed by atoms with Gasteiger partial charge in [0.2, 0.25) is 5.91 Å². The van der Waals surface area contributed by atoms with Crippen LogP contribution in [0, 0.1) is 11.2 Å². The van der Waals surface area contributed by atoms with Crippen molar-refractivity contribution < 1.29 is 9.18 Å². The zero-order valence-corrected chi connectivity index (χ0v) is 12.8. The van der Waals surface area contributed by atoms with Crippen molar-refractivity contribution in [2.75, 3.05) is 11.9 Å². The first-order valence-corrected chi connectivity index (χ1v) is 6.83. The standard InChI is InChI=1S/C13H16BrFN2O.ClH/c14-10-4-3-9(7-11(10)15)17-12(18)13(8-16)5-1-2-6-13;/h3-4,7H,1-2,5-6,8,16H2,(H,17,18);1H. The van der Waals surface area contributed by atoms with Crippen LogP contribution >= 0.6 is 28.3 Å². The average Bonchev–Trinajstić information content (AvgIpc) is 2.84. The van der Waals surface area contributed by atoms with Crippen LogP contribution in [0.1, 0.15) is 25.7 Å². The van der Waals surface area contributed by atoms with E-state index in [1.807, 2.05) is 0 Å². The number of hydrogen-bond acceptors (Lipinski definition) is 2. The van der Waals surface area contributed by atoms with E-state index in [-0.39, 0.29) is 24.1 Å². The van der Waals surface area contributed by atoms with E-state index >= 15 is 0 Å². The highest BCUT2D eigenvalue weighted by Crippen LogP contribution is 2.38. The third kappa shape index (κ3) is 3.46. The van der Waals surface area contributed by atoms with Crippen LogP contribution in [0.15, 0.2) is 22.7 Å². The number of anilines is 1. The highest BCUT2D eigenvalue weighted by Gasteiger charge is 2.39. The number of carbonyl (C=O) groups is 1. The lowest BCUT2D eigenvalue weighted by Gasteiger charge is -2.25. The molecular weight excluding hydrogens is 335 g/mol. The number of hydrogen-bond donors (Lipinski definition) is 2. The van der Waals surface area contributed by atoms with E-state index < -0.39 is 5.41 Å². The van der Waals surface area contributed by atoms with Gasteiger partial charge < -0.3 is 11.1 Å². The molecule has 1 aromatic rings. The molecule has 0 aromatic heterocycles. The second-order valence-corrected chi connectivity index (χ2v) is 5.63. The van der Waals surface area contributed by atoms with Gasteiger partial charge >= 0.3 is 0 Å². The van der Waals surface area contributed by atoms with Crippen molar-refractivity contribution in [3.05, 3.63) is 28.5 Å². The molecule has 1 amide bonds. The third-order valence-electron chi connectivity index (χ3n) is 3.61. The van der Waals surface area contributed by atoms with Gasteiger partial charge in [0.05, 0.1) is 9.89 Å². The summed E-state index contributed by atoms with van der Waals surface area (Å²) < 4.78 is 13.7. The molecular formula is C13H17BrClFN2O. The van der Waals surface area contributed by atoms with Crippen LogP contribution in [0.4, 0.5) is 10.1 Å². The minimum Gasteiger partial charge on any atom is -0.329 e. The van der Waals surface area contributed by atoms with E-state index in [1.165, 1.54) is 6.07 Å². The summed E-state index contributed by atoms with van der Waals surface area (Å²) >= 11 is 3.08.